The average Bonchev–Trinajstić information content (AvgIpc) is 2.44. The van der Waals surface area contributed by atoms with Gasteiger partial charge in [-0.05, 0) is 12.1 Å². The van der Waals surface area contributed by atoms with Gasteiger partial charge in [-0.2, -0.15) is 0 Å². The first kappa shape index (κ1) is 6.91. The van der Waals surface area contributed by atoms with E-state index in [1.807, 2.05) is 24.3 Å². The molecule has 0 aliphatic rings. The number of rotatable bonds is 1. The summed E-state index contributed by atoms with van der Waals surface area (Å²) in [5.74, 6) is 0.153. The Labute approximate surface area is 69.2 Å². The van der Waals surface area contributed by atoms with E-state index >= 15 is 0 Å². The first-order valence-corrected chi connectivity index (χ1v) is 3.63. The standard InChI is InChI=1S/C9H8N2O/c10-5-8-9(12)6-3-1-2-4-7(6)11-8/h1-5,10-12H. The predicted molar refractivity (Wildman–Crippen MR) is 47.8 cm³/mol. The summed E-state index contributed by atoms with van der Waals surface area (Å²) in [5.41, 5.74) is 1.31. The van der Waals surface area contributed by atoms with Gasteiger partial charge in [-0.15, -0.1) is 0 Å². The molecule has 2 aromatic rings. The molecule has 0 saturated heterocycles. The van der Waals surface area contributed by atoms with E-state index in [0.717, 1.165) is 17.1 Å². The number of H-pyrrole nitrogens is 1. The molecule has 0 radical (unpaired) electrons. The quantitative estimate of drug-likeness (QED) is 0.548. The van der Waals surface area contributed by atoms with Crippen LogP contribution in [0.25, 0.3) is 10.9 Å². The Kier molecular flexibility index (Phi) is 1.37. The molecule has 0 spiro atoms. The van der Waals surface area contributed by atoms with Crippen LogP contribution in [0.2, 0.25) is 0 Å². The Balaban J connectivity index is 2.87. The number of aromatic amines is 1. The van der Waals surface area contributed by atoms with Gasteiger partial charge in [0.2, 0.25) is 0 Å². The van der Waals surface area contributed by atoms with Gasteiger partial charge in [0.1, 0.15) is 5.75 Å². The van der Waals surface area contributed by atoms with Gasteiger partial charge in [0.05, 0.1) is 5.69 Å². The van der Waals surface area contributed by atoms with Crippen LogP contribution >= 0.6 is 0 Å². The lowest BCUT2D eigenvalue weighted by Crippen LogP contribution is -1.76. The highest BCUT2D eigenvalue weighted by molar-refractivity contribution is 5.95. The number of benzene rings is 1. The van der Waals surface area contributed by atoms with Crippen LogP contribution in [0.4, 0.5) is 0 Å². The van der Waals surface area contributed by atoms with Gasteiger partial charge in [0.15, 0.2) is 0 Å². The monoisotopic (exact) mass is 160 g/mol. The first-order valence-electron chi connectivity index (χ1n) is 3.63. The van der Waals surface area contributed by atoms with Crippen LogP contribution in [0.3, 0.4) is 0 Å². The molecule has 3 nitrogen and oxygen atoms in total. The summed E-state index contributed by atoms with van der Waals surface area (Å²) in [5, 5.41) is 17.3. The minimum Gasteiger partial charge on any atom is -0.505 e. The lowest BCUT2D eigenvalue weighted by atomic mass is 10.2. The lowest BCUT2D eigenvalue weighted by Gasteiger charge is -1.87. The molecule has 0 aliphatic carbocycles. The van der Waals surface area contributed by atoms with Gasteiger partial charge in [0, 0.05) is 17.1 Å². The molecule has 0 bridgehead atoms. The van der Waals surface area contributed by atoms with E-state index < -0.39 is 0 Å². The molecule has 3 heteroatoms. The van der Waals surface area contributed by atoms with Crippen LogP contribution in [0, 0.1) is 5.41 Å². The molecule has 12 heavy (non-hydrogen) atoms. The largest absolute Gasteiger partial charge is 0.505 e. The number of aromatic hydroxyl groups is 1. The highest BCUT2D eigenvalue weighted by Crippen LogP contribution is 2.26. The topological polar surface area (TPSA) is 59.9 Å². The van der Waals surface area contributed by atoms with Gasteiger partial charge in [-0.25, -0.2) is 0 Å². The summed E-state index contributed by atoms with van der Waals surface area (Å²) < 4.78 is 0. The lowest BCUT2D eigenvalue weighted by molar-refractivity contribution is 0.480. The maximum Gasteiger partial charge on any atom is 0.149 e. The normalized spacial score (nSPS) is 10.3. The first-order chi connectivity index (χ1) is 5.83. The van der Waals surface area contributed by atoms with Crippen molar-refractivity contribution in [2.75, 3.05) is 0 Å². The molecular weight excluding hydrogens is 152 g/mol. The molecule has 1 aromatic carbocycles. The zero-order valence-electron chi connectivity index (χ0n) is 6.33. The number of aromatic nitrogens is 1. The van der Waals surface area contributed by atoms with E-state index in [1.54, 1.807) is 0 Å². The summed E-state index contributed by atoms with van der Waals surface area (Å²) in [6, 6.07) is 7.41. The van der Waals surface area contributed by atoms with Crippen LogP contribution in [0.15, 0.2) is 24.3 Å². The Morgan fingerprint density at radius 3 is 2.75 bits per heavy atom. The van der Waals surface area contributed by atoms with E-state index in [9.17, 15) is 5.11 Å². The molecule has 0 saturated carbocycles. The van der Waals surface area contributed by atoms with E-state index in [2.05, 4.69) is 4.98 Å². The summed E-state index contributed by atoms with van der Waals surface area (Å²) >= 11 is 0. The Morgan fingerprint density at radius 2 is 2.08 bits per heavy atom. The molecule has 1 aromatic heterocycles. The fraction of sp³-hybridized carbons (Fsp3) is 0. The molecule has 3 N–H and O–H groups in total. The molecule has 2 rings (SSSR count). The van der Waals surface area contributed by atoms with Gasteiger partial charge < -0.3 is 15.5 Å². The molecule has 0 unspecified atom stereocenters. The van der Waals surface area contributed by atoms with Gasteiger partial charge in [-0.1, -0.05) is 12.1 Å². The Morgan fingerprint density at radius 1 is 1.33 bits per heavy atom. The van der Waals surface area contributed by atoms with Crippen molar-refractivity contribution in [3.8, 4) is 5.75 Å². The van der Waals surface area contributed by atoms with Gasteiger partial charge in [0.25, 0.3) is 0 Å². The second-order valence-corrected chi connectivity index (χ2v) is 2.58. The molecule has 0 fully saturated rings. The van der Waals surface area contributed by atoms with Gasteiger partial charge in [-0.3, -0.25) is 0 Å². The minimum atomic E-state index is 0.153. The number of hydrogen-bond acceptors (Lipinski definition) is 2. The third-order valence-corrected chi connectivity index (χ3v) is 1.85. The van der Waals surface area contributed by atoms with Crippen molar-refractivity contribution in [1.82, 2.24) is 4.98 Å². The maximum absolute atomic E-state index is 9.51. The third-order valence-electron chi connectivity index (χ3n) is 1.85. The minimum absolute atomic E-state index is 0.153. The summed E-state index contributed by atoms with van der Waals surface area (Å²) in [7, 11) is 0. The van der Waals surface area contributed by atoms with E-state index in [1.165, 1.54) is 0 Å². The van der Waals surface area contributed by atoms with Crippen molar-refractivity contribution >= 4 is 17.1 Å². The van der Waals surface area contributed by atoms with Crippen molar-refractivity contribution in [3.05, 3.63) is 30.0 Å². The second kappa shape index (κ2) is 2.37. The Hall–Kier alpha value is -1.77. The number of para-hydroxylation sites is 1. The van der Waals surface area contributed by atoms with E-state index in [-0.39, 0.29) is 5.75 Å². The second-order valence-electron chi connectivity index (χ2n) is 2.58. The highest BCUT2D eigenvalue weighted by atomic mass is 16.3. The molecule has 1 heterocycles. The smallest absolute Gasteiger partial charge is 0.149 e. The van der Waals surface area contributed by atoms with Crippen LogP contribution in [0.1, 0.15) is 5.69 Å². The van der Waals surface area contributed by atoms with Crippen molar-refractivity contribution in [3.63, 3.8) is 0 Å². The molecule has 0 atom stereocenters. The van der Waals surface area contributed by atoms with Crippen molar-refractivity contribution in [2.24, 2.45) is 0 Å². The summed E-state index contributed by atoms with van der Waals surface area (Å²) in [6.45, 7) is 0. The number of nitrogens with one attached hydrogen (secondary N) is 2. The van der Waals surface area contributed by atoms with Crippen molar-refractivity contribution in [1.29, 1.82) is 5.41 Å². The predicted octanol–water partition coefficient (Wildman–Crippen LogP) is 1.87. The number of hydrogen-bond donors (Lipinski definition) is 3. The third kappa shape index (κ3) is 0.797. The summed E-state index contributed by atoms with van der Waals surface area (Å²) in [4.78, 5) is 2.92. The van der Waals surface area contributed by atoms with Crippen LogP contribution in [-0.4, -0.2) is 16.3 Å². The van der Waals surface area contributed by atoms with E-state index in [0.29, 0.717) is 5.69 Å². The SMILES string of the molecule is N=Cc1[nH]c2ccccc2c1O. The number of fused-ring (bicyclic) bond motifs is 1. The maximum atomic E-state index is 9.51. The molecule has 0 aliphatic heterocycles. The molecular formula is C9H8N2O. The zero-order valence-corrected chi connectivity index (χ0v) is 6.33. The fourth-order valence-corrected chi connectivity index (χ4v) is 1.25. The highest BCUT2D eigenvalue weighted by Gasteiger charge is 2.05. The molecule has 0 amide bonds. The van der Waals surface area contributed by atoms with Crippen molar-refractivity contribution < 1.29 is 5.11 Å². The Bertz CT molecular complexity index is 431. The molecule has 60 valence electrons. The average molecular weight is 160 g/mol. The van der Waals surface area contributed by atoms with Crippen molar-refractivity contribution in [2.45, 2.75) is 0 Å². The van der Waals surface area contributed by atoms with E-state index in [4.69, 9.17) is 5.41 Å². The van der Waals surface area contributed by atoms with Crippen LogP contribution < -0.4 is 0 Å². The fourth-order valence-electron chi connectivity index (χ4n) is 1.25. The van der Waals surface area contributed by atoms with Crippen LogP contribution in [0.5, 0.6) is 5.75 Å². The summed E-state index contributed by atoms with van der Waals surface area (Å²) in [6.07, 6.45) is 1.11. The zero-order chi connectivity index (χ0) is 8.55. The van der Waals surface area contributed by atoms with Gasteiger partial charge >= 0.3 is 0 Å². The van der Waals surface area contributed by atoms with Crippen LogP contribution in [-0.2, 0) is 0 Å².